The van der Waals surface area contributed by atoms with E-state index < -0.39 is 102 Å². The number of amides is 7. The van der Waals surface area contributed by atoms with Crippen molar-refractivity contribution in [2.45, 2.75) is 114 Å². The molecular weight excluding hydrogens is 1110 g/mol. The zero-order chi connectivity index (χ0) is 60.9. The van der Waals surface area contributed by atoms with Gasteiger partial charge < -0.3 is 74.6 Å². The number of aromatic amines is 2. The van der Waals surface area contributed by atoms with Crippen LogP contribution >= 0.6 is 21.6 Å². The molecule has 1 aliphatic rings. The van der Waals surface area contributed by atoms with E-state index in [0.29, 0.717) is 30.5 Å². The van der Waals surface area contributed by atoms with Crippen LogP contribution in [0.5, 0.6) is 5.75 Å². The number of H-pyrrole nitrogens is 2. The number of carbonyl (C=O) groups is 8. The number of nitrogens with two attached hydrogens (primary N) is 3. The smallest absolute Gasteiger partial charge is 0.300 e. The van der Waals surface area contributed by atoms with Crippen molar-refractivity contribution >= 4 is 96.5 Å². The molecule has 3 heterocycles. The van der Waals surface area contributed by atoms with Gasteiger partial charge in [0.15, 0.2) is 0 Å². The number of aromatic nitrogens is 2. The Hall–Kier alpha value is -8.39. The first-order chi connectivity index (χ1) is 40.2. The summed E-state index contributed by atoms with van der Waals surface area (Å²) in [6.07, 6.45) is 4.55. The highest BCUT2D eigenvalue weighted by Crippen LogP contribution is 2.25. The second kappa shape index (κ2) is 31.9. The average molecular weight is 1190 g/mol. The molecule has 4 aromatic carbocycles. The highest BCUT2D eigenvalue weighted by molar-refractivity contribution is 8.76. The number of nitrogens with one attached hydrogen (secondary N) is 10. The molecule has 0 spiro atoms. The van der Waals surface area contributed by atoms with E-state index in [1.54, 1.807) is 38.4 Å². The maximum Gasteiger partial charge on any atom is 0.300 e. The van der Waals surface area contributed by atoms with Crippen LogP contribution < -0.4 is 54.4 Å². The van der Waals surface area contributed by atoms with Crippen molar-refractivity contribution in [3.05, 3.63) is 138 Å². The molecule has 0 aliphatic carbocycles. The standard InChI is InChI=1S/C57H71N13O8S2.C2H4O2/c1-32(2)49-57(78)69-48(55(76)65-44(50(60)61)26-35-28-62-41-16-8-6-14-38(35)41)31-80-79-30-47(68-51(72)40(59)24-33-12-4-3-5-13-33)56(77)66-45(25-34-19-21-37(71)22-20-34)53(74)67-46(27-36-29-63-42-17-9-7-15-39(36)42)54(75)64-43(52(73)70-49)18-10-11-23-58;1-2(3)4/h3-9,12-17,19-22,28-29,32,40,43-49,62-63,71H,10-11,18,23-27,30-31,58-59H2,1-2H3,(H3,60,61)(H,64,75)(H,65,76)(H,66,77)(H,67,74)(H,68,72)(H,69,78)(H,70,73);1H3,(H,3,4). The molecule has 23 nitrogen and oxygen atoms in total. The fourth-order valence-electron chi connectivity index (χ4n) is 9.30. The van der Waals surface area contributed by atoms with E-state index in [0.717, 1.165) is 61.4 Å². The first-order valence-corrected chi connectivity index (χ1v) is 30.0. The zero-order valence-corrected chi connectivity index (χ0v) is 48.6. The maximum absolute atomic E-state index is 14.9. The molecule has 0 radical (unpaired) electrons. The summed E-state index contributed by atoms with van der Waals surface area (Å²) >= 11 is 0. The summed E-state index contributed by atoms with van der Waals surface area (Å²) in [4.78, 5) is 117. The molecule has 0 saturated carbocycles. The Kier molecular flexibility index (Phi) is 24.6. The lowest BCUT2D eigenvalue weighted by molar-refractivity contribution is -0.135. The van der Waals surface area contributed by atoms with Crippen LogP contribution in [0.1, 0.15) is 62.3 Å². The number of carboxylic acid groups (broad SMARTS) is 1. The lowest BCUT2D eigenvalue weighted by Gasteiger charge is -2.29. The second-order valence-electron chi connectivity index (χ2n) is 20.7. The average Bonchev–Trinajstić information content (AvgIpc) is 4.31. The van der Waals surface area contributed by atoms with Gasteiger partial charge in [0.05, 0.1) is 12.1 Å². The van der Waals surface area contributed by atoms with Crippen LogP contribution in [0.25, 0.3) is 21.8 Å². The Labute approximate surface area is 494 Å². The summed E-state index contributed by atoms with van der Waals surface area (Å²) in [7, 11) is 2.18. The van der Waals surface area contributed by atoms with E-state index >= 15 is 0 Å². The number of hydrogen-bond donors (Lipinski definition) is 15. The number of benzene rings is 4. The van der Waals surface area contributed by atoms with E-state index in [2.05, 4.69) is 47.2 Å². The van der Waals surface area contributed by atoms with Crippen LogP contribution in [0, 0.1) is 11.3 Å². The van der Waals surface area contributed by atoms with Crippen molar-refractivity contribution < 1.29 is 48.6 Å². The molecule has 1 saturated heterocycles. The number of unbranched alkanes of at least 4 members (excludes halogenated alkanes) is 1. The molecule has 8 unspecified atom stereocenters. The Morgan fingerprint density at radius 1 is 0.667 bits per heavy atom. The number of carbonyl (C=O) groups excluding carboxylic acids is 7. The van der Waals surface area contributed by atoms with Gasteiger partial charge in [-0.1, -0.05) is 114 Å². The third kappa shape index (κ3) is 19.4. The van der Waals surface area contributed by atoms with Crippen LogP contribution in [0.3, 0.4) is 0 Å². The number of aliphatic carboxylic acids is 1. The third-order valence-electron chi connectivity index (χ3n) is 13.8. The SMILES string of the molecule is CC(=O)O.CC(C)C1NC(=O)C(CCCCN)NC(=O)C(Cc2c[nH]c3ccccc23)NC(=O)C(Cc2ccc(O)cc2)NC(=O)C(NC(=O)C(N)Cc2ccccc2)CSSCC(C(=O)NC(Cc2c[nH]c3ccccc23)C(=N)N)NC1=O. The lowest BCUT2D eigenvalue weighted by Crippen LogP contribution is -2.61. The quantitative estimate of drug-likeness (QED) is 0.0255. The third-order valence-corrected chi connectivity index (χ3v) is 16.2. The number of carboxylic acids is 1. The number of para-hydroxylation sites is 2. The molecule has 1 aliphatic heterocycles. The predicted molar refractivity (Wildman–Crippen MR) is 325 cm³/mol. The van der Waals surface area contributed by atoms with E-state index in [1.807, 2.05) is 78.9 Å². The van der Waals surface area contributed by atoms with Gasteiger partial charge in [0.2, 0.25) is 41.4 Å². The van der Waals surface area contributed by atoms with E-state index in [1.165, 1.54) is 12.1 Å². The molecule has 7 amide bonds. The second-order valence-corrected chi connectivity index (χ2v) is 23.3. The molecule has 7 rings (SSSR count). The molecule has 2 aromatic heterocycles. The Balaban J connectivity index is 0.00000274. The molecule has 448 valence electrons. The van der Waals surface area contributed by atoms with Crippen LogP contribution in [-0.2, 0) is 64.0 Å². The van der Waals surface area contributed by atoms with Crippen molar-refractivity contribution in [1.82, 2.24) is 47.2 Å². The summed E-state index contributed by atoms with van der Waals surface area (Å²) in [5, 5.41) is 47.5. The van der Waals surface area contributed by atoms with Crippen LogP contribution in [0.2, 0.25) is 0 Å². The Morgan fingerprint density at radius 3 is 1.83 bits per heavy atom. The molecule has 84 heavy (non-hydrogen) atoms. The molecule has 0 bridgehead atoms. The number of phenolic OH excluding ortho intramolecular Hbond substituents is 1. The van der Waals surface area contributed by atoms with E-state index in [4.69, 9.17) is 32.5 Å². The minimum Gasteiger partial charge on any atom is -0.508 e. The van der Waals surface area contributed by atoms with Crippen molar-refractivity contribution in [2.75, 3.05) is 18.1 Å². The monoisotopic (exact) mass is 1190 g/mol. The summed E-state index contributed by atoms with van der Waals surface area (Å²) in [6, 6.07) is 20.0. The fraction of sp³-hybridized carbons (Fsp3) is 0.373. The fourth-order valence-corrected chi connectivity index (χ4v) is 11.6. The number of rotatable bonds is 18. The highest BCUT2D eigenvalue weighted by atomic mass is 33.1. The van der Waals surface area contributed by atoms with Crippen LogP contribution in [-0.4, -0.2) is 140 Å². The zero-order valence-electron chi connectivity index (χ0n) is 46.9. The topological polar surface area (TPSA) is 395 Å². The van der Waals surface area contributed by atoms with Gasteiger partial charge in [-0.2, -0.15) is 0 Å². The van der Waals surface area contributed by atoms with Crippen LogP contribution in [0.15, 0.2) is 116 Å². The number of hydrogen-bond acceptors (Lipinski definition) is 14. The van der Waals surface area contributed by atoms with Gasteiger partial charge >= 0.3 is 0 Å². The van der Waals surface area contributed by atoms with Crippen molar-refractivity contribution in [3.63, 3.8) is 0 Å². The lowest BCUT2D eigenvalue weighted by atomic mass is 10.00. The normalized spacial score (nSPS) is 20.1. The maximum atomic E-state index is 14.9. The molecule has 25 heteroatoms. The highest BCUT2D eigenvalue weighted by Gasteiger charge is 2.36. The van der Waals surface area contributed by atoms with Gasteiger partial charge in [0.25, 0.3) is 5.97 Å². The molecule has 18 N–H and O–H groups in total. The summed E-state index contributed by atoms with van der Waals surface area (Å²) < 4.78 is 0. The first-order valence-electron chi connectivity index (χ1n) is 27.5. The number of amidine groups is 1. The van der Waals surface area contributed by atoms with Gasteiger partial charge in [-0.3, -0.25) is 43.8 Å². The first kappa shape index (κ1) is 64.8. The van der Waals surface area contributed by atoms with E-state index in [9.17, 15) is 38.7 Å². The molecule has 1 fully saturated rings. The summed E-state index contributed by atoms with van der Waals surface area (Å²) in [5.41, 5.74) is 22.8. The molecular formula is C59H75N13O10S2. The number of fused-ring (bicyclic) bond motifs is 2. The Morgan fingerprint density at radius 2 is 1.21 bits per heavy atom. The minimum atomic E-state index is -1.39. The summed E-state index contributed by atoms with van der Waals surface area (Å²) in [6.45, 7) is 4.80. The van der Waals surface area contributed by atoms with E-state index in [-0.39, 0.29) is 55.2 Å². The Bertz CT molecular complexity index is 3230. The number of phenols is 1. The molecule has 6 aromatic rings. The van der Waals surface area contributed by atoms with Crippen molar-refractivity contribution in [1.29, 1.82) is 5.41 Å². The largest absolute Gasteiger partial charge is 0.508 e. The molecule has 8 atom stereocenters. The number of aromatic hydroxyl groups is 1. The van der Waals surface area contributed by atoms with Gasteiger partial charge in [0.1, 0.15) is 47.8 Å². The van der Waals surface area contributed by atoms with Gasteiger partial charge in [0, 0.05) is 71.9 Å². The van der Waals surface area contributed by atoms with Gasteiger partial charge in [-0.05, 0) is 84.7 Å². The van der Waals surface area contributed by atoms with Crippen molar-refractivity contribution in [3.8, 4) is 5.75 Å². The van der Waals surface area contributed by atoms with Crippen LogP contribution in [0.4, 0.5) is 0 Å². The van der Waals surface area contributed by atoms with Crippen molar-refractivity contribution in [2.24, 2.45) is 23.1 Å². The summed E-state index contributed by atoms with van der Waals surface area (Å²) in [5.74, 6) is -7.14. The minimum absolute atomic E-state index is 0.0359. The van der Waals surface area contributed by atoms with Gasteiger partial charge in [-0.15, -0.1) is 0 Å². The van der Waals surface area contributed by atoms with Gasteiger partial charge in [-0.25, -0.2) is 0 Å². The predicted octanol–water partition coefficient (Wildman–Crippen LogP) is 2.55.